The van der Waals surface area contributed by atoms with Crippen molar-refractivity contribution in [3.05, 3.63) is 90.0 Å². The zero-order chi connectivity index (χ0) is 21.6. The van der Waals surface area contributed by atoms with Gasteiger partial charge in [0.2, 0.25) is 5.91 Å². The van der Waals surface area contributed by atoms with E-state index in [1.807, 2.05) is 37.3 Å². The van der Waals surface area contributed by atoms with E-state index in [0.29, 0.717) is 11.3 Å². The zero-order valence-electron chi connectivity index (χ0n) is 16.8. The minimum atomic E-state index is -3.78. The maximum atomic E-state index is 12.7. The Morgan fingerprint density at radius 3 is 2.23 bits per heavy atom. The fourth-order valence-electron chi connectivity index (χ4n) is 3.05. The lowest BCUT2D eigenvalue weighted by Gasteiger charge is -2.16. The normalized spacial score (nSPS) is 12.1. The van der Waals surface area contributed by atoms with Crippen molar-refractivity contribution in [3.63, 3.8) is 0 Å². The third-order valence-electron chi connectivity index (χ3n) is 4.60. The van der Waals surface area contributed by atoms with Gasteiger partial charge in [0.25, 0.3) is 10.0 Å². The van der Waals surface area contributed by atoms with Gasteiger partial charge in [-0.25, -0.2) is 8.42 Å². The Morgan fingerprint density at radius 1 is 0.967 bits per heavy atom. The van der Waals surface area contributed by atoms with Crippen molar-refractivity contribution >= 4 is 21.6 Å². The summed E-state index contributed by atoms with van der Waals surface area (Å²) in [7, 11) is -2.31. The van der Waals surface area contributed by atoms with Gasteiger partial charge in [-0.3, -0.25) is 9.52 Å². The Kier molecular flexibility index (Phi) is 6.74. The standard InChI is InChI=1S/C23H24N2O4S/c1-17(19-9-5-3-6-10-19)24-23(26)16-18-13-14-22(29-2)21(15-18)25-30(27,28)20-11-7-4-8-12-20/h3-15,17,25H,16H2,1-2H3,(H,24,26). The Labute approximate surface area is 177 Å². The molecule has 0 bridgehead atoms. The van der Waals surface area contributed by atoms with Crippen molar-refractivity contribution < 1.29 is 17.9 Å². The van der Waals surface area contributed by atoms with Gasteiger partial charge in [-0.1, -0.05) is 54.6 Å². The Balaban J connectivity index is 1.75. The van der Waals surface area contributed by atoms with Crippen LogP contribution >= 0.6 is 0 Å². The van der Waals surface area contributed by atoms with Crippen LogP contribution in [0.4, 0.5) is 5.69 Å². The number of methoxy groups -OCH3 is 1. The number of hydrogen-bond donors (Lipinski definition) is 2. The van der Waals surface area contributed by atoms with E-state index in [-0.39, 0.29) is 29.0 Å². The third-order valence-corrected chi connectivity index (χ3v) is 5.98. The number of sulfonamides is 1. The van der Waals surface area contributed by atoms with Crippen molar-refractivity contribution in [2.45, 2.75) is 24.3 Å². The summed E-state index contributed by atoms with van der Waals surface area (Å²) in [5.74, 6) is 0.213. The van der Waals surface area contributed by atoms with Gasteiger partial charge in [0, 0.05) is 0 Å². The lowest BCUT2D eigenvalue weighted by molar-refractivity contribution is -0.121. The van der Waals surface area contributed by atoms with Crippen LogP contribution in [0.3, 0.4) is 0 Å². The van der Waals surface area contributed by atoms with E-state index in [2.05, 4.69) is 10.0 Å². The quantitative estimate of drug-likeness (QED) is 0.574. The number of carbonyl (C=O) groups is 1. The molecule has 1 amide bonds. The van der Waals surface area contributed by atoms with Gasteiger partial charge in [-0.15, -0.1) is 0 Å². The lowest BCUT2D eigenvalue weighted by atomic mass is 10.1. The number of nitrogens with one attached hydrogen (secondary N) is 2. The van der Waals surface area contributed by atoms with Gasteiger partial charge in [-0.2, -0.15) is 0 Å². The second kappa shape index (κ2) is 9.45. The number of ether oxygens (including phenoxy) is 1. The summed E-state index contributed by atoms with van der Waals surface area (Å²) in [5, 5.41) is 2.96. The van der Waals surface area contributed by atoms with Gasteiger partial charge in [0.05, 0.1) is 30.2 Å². The van der Waals surface area contributed by atoms with E-state index in [9.17, 15) is 13.2 Å². The number of rotatable bonds is 8. The Bertz CT molecular complexity index is 1100. The van der Waals surface area contributed by atoms with Gasteiger partial charge in [0.15, 0.2) is 0 Å². The molecule has 1 atom stereocenters. The number of amides is 1. The second-order valence-corrected chi connectivity index (χ2v) is 8.51. The highest BCUT2D eigenvalue weighted by atomic mass is 32.2. The van der Waals surface area contributed by atoms with Gasteiger partial charge >= 0.3 is 0 Å². The first-order chi connectivity index (χ1) is 14.4. The van der Waals surface area contributed by atoms with Crippen molar-refractivity contribution in [2.75, 3.05) is 11.8 Å². The van der Waals surface area contributed by atoms with E-state index in [4.69, 9.17) is 4.74 Å². The molecule has 0 aliphatic carbocycles. The molecule has 0 saturated heterocycles. The monoisotopic (exact) mass is 424 g/mol. The molecule has 30 heavy (non-hydrogen) atoms. The van der Waals surface area contributed by atoms with Gasteiger partial charge < -0.3 is 10.1 Å². The summed E-state index contributed by atoms with van der Waals surface area (Å²) in [6.07, 6.45) is 0.112. The number of benzene rings is 3. The molecule has 2 N–H and O–H groups in total. The van der Waals surface area contributed by atoms with Crippen LogP contribution in [0.25, 0.3) is 0 Å². The van der Waals surface area contributed by atoms with E-state index in [1.54, 1.807) is 36.4 Å². The maximum absolute atomic E-state index is 12.7. The molecule has 0 aromatic heterocycles. The van der Waals surface area contributed by atoms with Crippen LogP contribution in [-0.2, 0) is 21.2 Å². The van der Waals surface area contributed by atoms with Crippen molar-refractivity contribution in [3.8, 4) is 5.75 Å². The fourth-order valence-corrected chi connectivity index (χ4v) is 4.13. The van der Waals surface area contributed by atoms with E-state index in [0.717, 1.165) is 5.56 Å². The molecule has 1 unspecified atom stereocenters. The summed E-state index contributed by atoms with van der Waals surface area (Å²) in [4.78, 5) is 12.6. The predicted octanol–water partition coefficient (Wildman–Crippen LogP) is 3.92. The molecule has 0 aliphatic rings. The minimum Gasteiger partial charge on any atom is -0.495 e. The molecule has 0 spiro atoms. The van der Waals surface area contributed by atoms with Crippen LogP contribution in [-0.4, -0.2) is 21.4 Å². The molecule has 0 heterocycles. The Hall–Kier alpha value is -3.32. The third kappa shape index (κ3) is 5.39. The summed E-state index contributed by atoms with van der Waals surface area (Å²) >= 11 is 0. The van der Waals surface area contributed by atoms with Gasteiger partial charge in [0.1, 0.15) is 5.75 Å². The van der Waals surface area contributed by atoms with Gasteiger partial charge in [-0.05, 0) is 42.3 Å². The minimum absolute atomic E-state index is 0.112. The average molecular weight is 425 g/mol. The van der Waals surface area contributed by atoms with Crippen molar-refractivity contribution in [1.82, 2.24) is 5.32 Å². The van der Waals surface area contributed by atoms with Crippen molar-refractivity contribution in [1.29, 1.82) is 0 Å². The summed E-state index contributed by atoms with van der Waals surface area (Å²) in [6.45, 7) is 1.92. The predicted molar refractivity (Wildman–Crippen MR) is 117 cm³/mol. The molecule has 7 heteroatoms. The topological polar surface area (TPSA) is 84.5 Å². The number of hydrogen-bond acceptors (Lipinski definition) is 4. The highest BCUT2D eigenvalue weighted by Crippen LogP contribution is 2.28. The van der Waals surface area contributed by atoms with E-state index < -0.39 is 10.0 Å². The SMILES string of the molecule is COc1ccc(CC(=O)NC(C)c2ccccc2)cc1NS(=O)(=O)c1ccccc1. The summed E-state index contributed by atoms with van der Waals surface area (Å²) in [5.41, 5.74) is 1.96. The largest absolute Gasteiger partial charge is 0.495 e. The maximum Gasteiger partial charge on any atom is 0.262 e. The van der Waals surface area contributed by atoms with Crippen LogP contribution in [0.1, 0.15) is 24.1 Å². The van der Waals surface area contributed by atoms with Crippen LogP contribution in [0, 0.1) is 0 Å². The first-order valence-corrected chi connectivity index (χ1v) is 11.0. The van der Waals surface area contributed by atoms with E-state index >= 15 is 0 Å². The molecule has 6 nitrogen and oxygen atoms in total. The molecule has 3 aromatic carbocycles. The van der Waals surface area contributed by atoms with Crippen LogP contribution in [0.5, 0.6) is 5.75 Å². The average Bonchev–Trinajstić information content (AvgIpc) is 2.75. The number of carbonyl (C=O) groups excluding carboxylic acids is 1. The molecule has 3 aromatic rings. The first kappa shape index (κ1) is 21.4. The van der Waals surface area contributed by atoms with E-state index in [1.165, 1.54) is 19.2 Å². The zero-order valence-corrected chi connectivity index (χ0v) is 17.6. The smallest absolute Gasteiger partial charge is 0.262 e. The van der Waals surface area contributed by atoms with Crippen LogP contribution in [0.2, 0.25) is 0 Å². The summed E-state index contributed by atoms with van der Waals surface area (Å²) < 4.78 is 33.2. The Morgan fingerprint density at radius 2 is 1.60 bits per heavy atom. The van der Waals surface area contributed by atoms with Crippen molar-refractivity contribution in [2.24, 2.45) is 0 Å². The second-order valence-electron chi connectivity index (χ2n) is 6.83. The molecule has 0 fully saturated rings. The molecule has 0 saturated carbocycles. The lowest BCUT2D eigenvalue weighted by Crippen LogP contribution is -2.28. The molecule has 0 aliphatic heterocycles. The molecular formula is C23H24N2O4S. The molecular weight excluding hydrogens is 400 g/mol. The highest BCUT2D eigenvalue weighted by Gasteiger charge is 2.17. The van der Waals surface area contributed by atoms with Crippen LogP contribution < -0.4 is 14.8 Å². The molecule has 156 valence electrons. The summed E-state index contributed by atoms with van der Waals surface area (Å²) in [6, 6.07) is 22.6. The van der Waals surface area contributed by atoms with Crippen LogP contribution in [0.15, 0.2) is 83.8 Å². The molecule has 3 rings (SSSR count). The molecule has 0 radical (unpaired) electrons. The highest BCUT2D eigenvalue weighted by molar-refractivity contribution is 7.92. The first-order valence-electron chi connectivity index (χ1n) is 9.48. The fraction of sp³-hybridized carbons (Fsp3) is 0.174. The number of anilines is 1.